The van der Waals surface area contributed by atoms with E-state index in [1.54, 1.807) is 12.1 Å². The van der Waals surface area contributed by atoms with Gasteiger partial charge < -0.3 is 10.1 Å². The number of hydrogen-bond acceptors (Lipinski definition) is 3. The zero-order valence-corrected chi connectivity index (χ0v) is 11.9. The van der Waals surface area contributed by atoms with E-state index in [0.717, 1.165) is 5.56 Å². The number of nitrogens with one attached hydrogen (secondary N) is 1. The molecule has 1 N–H and O–H groups in total. The first-order valence-electron chi connectivity index (χ1n) is 6.25. The normalized spacial score (nSPS) is 12.6. The highest BCUT2D eigenvalue weighted by atomic mass is 16.5. The van der Waals surface area contributed by atoms with E-state index in [1.807, 2.05) is 39.8 Å². The molecule has 1 aromatic carbocycles. The molecule has 0 aliphatic carbocycles. The Kier molecular flexibility index (Phi) is 5.08. The number of benzene rings is 1. The largest absolute Gasteiger partial charge is 0.366 e. The second kappa shape index (κ2) is 6.35. The van der Waals surface area contributed by atoms with Crippen molar-refractivity contribution in [2.24, 2.45) is 0 Å². The van der Waals surface area contributed by atoms with Crippen LogP contribution in [0.25, 0.3) is 0 Å². The monoisotopic (exact) mass is 260 g/mol. The molecule has 1 unspecified atom stereocenters. The van der Waals surface area contributed by atoms with E-state index in [0.29, 0.717) is 5.56 Å². The van der Waals surface area contributed by atoms with Gasteiger partial charge in [0.25, 0.3) is 0 Å². The Morgan fingerprint density at radius 1 is 1.37 bits per heavy atom. The first-order valence-corrected chi connectivity index (χ1v) is 6.25. The van der Waals surface area contributed by atoms with Gasteiger partial charge in [0.05, 0.1) is 23.3 Å². The van der Waals surface area contributed by atoms with Gasteiger partial charge in [0.1, 0.15) is 6.61 Å². The molecule has 0 saturated carbocycles. The minimum Gasteiger partial charge on any atom is -0.366 e. The number of rotatable bonds is 4. The number of nitriles is 1. The van der Waals surface area contributed by atoms with E-state index in [-0.39, 0.29) is 24.2 Å². The quantitative estimate of drug-likeness (QED) is 0.905. The summed E-state index contributed by atoms with van der Waals surface area (Å²) in [4.78, 5) is 11.7. The van der Waals surface area contributed by atoms with E-state index in [9.17, 15) is 4.79 Å². The number of ether oxygens (including phenoxy) is 1. The van der Waals surface area contributed by atoms with Gasteiger partial charge in [-0.15, -0.1) is 0 Å². The van der Waals surface area contributed by atoms with Crippen molar-refractivity contribution in [1.29, 1.82) is 5.26 Å². The van der Waals surface area contributed by atoms with Gasteiger partial charge in [0.2, 0.25) is 5.91 Å². The van der Waals surface area contributed by atoms with Crippen LogP contribution in [0.4, 0.5) is 0 Å². The van der Waals surface area contributed by atoms with Crippen LogP contribution in [0.5, 0.6) is 0 Å². The van der Waals surface area contributed by atoms with E-state index in [4.69, 9.17) is 10.00 Å². The van der Waals surface area contributed by atoms with Crippen molar-refractivity contribution >= 4 is 5.91 Å². The van der Waals surface area contributed by atoms with Crippen LogP contribution in [0, 0.1) is 11.3 Å². The standard InChI is InChI=1S/C15H20N2O2/c1-11(13-7-5-12(9-16)6-8-13)17-14(18)10-19-15(2,3)4/h5-8,11H,10H2,1-4H3,(H,17,18). The summed E-state index contributed by atoms with van der Waals surface area (Å²) in [7, 11) is 0. The predicted octanol–water partition coefficient (Wildman–Crippen LogP) is 2.55. The van der Waals surface area contributed by atoms with E-state index < -0.39 is 0 Å². The van der Waals surface area contributed by atoms with Crippen molar-refractivity contribution in [1.82, 2.24) is 5.32 Å². The molecule has 0 aromatic heterocycles. The summed E-state index contributed by atoms with van der Waals surface area (Å²) in [5.74, 6) is -0.146. The maximum Gasteiger partial charge on any atom is 0.246 e. The molecule has 1 amide bonds. The van der Waals surface area contributed by atoms with E-state index in [1.165, 1.54) is 0 Å². The molecule has 0 aliphatic rings. The van der Waals surface area contributed by atoms with Gasteiger partial charge >= 0.3 is 0 Å². The fourth-order valence-electron chi connectivity index (χ4n) is 1.49. The second-order valence-electron chi connectivity index (χ2n) is 5.42. The summed E-state index contributed by atoms with van der Waals surface area (Å²) in [5, 5.41) is 11.6. The molecule has 0 aliphatic heterocycles. The molecule has 0 saturated heterocycles. The van der Waals surface area contributed by atoms with E-state index in [2.05, 4.69) is 11.4 Å². The Bertz CT molecular complexity index is 466. The fraction of sp³-hybridized carbons (Fsp3) is 0.467. The number of nitrogens with zero attached hydrogens (tertiary/aromatic N) is 1. The molecular weight excluding hydrogens is 240 g/mol. The average molecular weight is 260 g/mol. The Balaban J connectivity index is 2.52. The summed E-state index contributed by atoms with van der Waals surface area (Å²) in [6, 6.07) is 9.12. The van der Waals surface area contributed by atoms with Crippen molar-refractivity contribution in [3.8, 4) is 6.07 Å². The van der Waals surface area contributed by atoms with E-state index >= 15 is 0 Å². The van der Waals surface area contributed by atoms with Gasteiger partial charge in [0.15, 0.2) is 0 Å². The third-order valence-electron chi connectivity index (χ3n) is 2.55. The molecule has 19 heavy (non-hydrogen) atoms. The van der Waals surface area contributed by atoms with Crippen molar-refractivity contribution in [2.75, 3.05) is 6.61 Å². The number of amides is 1. The highest BCUT2D eigenvalue weighted by molar-refractivity contribution is 5.77. The highest BCUT2D eigenvalue weighted by Gasteiger charge is 2.14. The molecule has 0 heterocycles. The van der Waals surface area contributed by atoms with Crippen LogP contribution in [0.2, 0.25) is 0 Å². The van der Waals surface area contributed by atoms with Gasteiger partial charge in [-0.3, -0.25) is 4.79 Å². The first kappa shape index (κ1) is 15.2. The van der Waals surface area contributed by atoms with Gasteiger partial charge in [0, 0.05) is 0 Å². The zero-order valence-electron chi connectivity index (χ0n) is 11.9. The van der Waals surface area contributed by atoms with Crippen LogP contribution in [-0.4, -0.2) is 18.1 Å². The molecule has 0 bridgehead atoms. The van der Waals surface area contributed by atoms with Crippen molar-refractivity contribution in [3.63, 3.8) is 0 Å². The van der Waals surface area contributed by atoms with Crippen LogP contribution in [0.3, 0.4) is 0 Å². The molecular formula is C15H20N2O2. The van der Waals surface area contributed by atoms with Crippen molar-refractivity contribution in [2.45, 2.75) is 39.3 Å². The van der Waals surface area contributed by atoms with Crippen LogP contribution in [0.1, 0.15) is 44.9 Å². The Morgan fingerprint density at radius 3 is 2.42 bits per heavy atom. The summed E-state index contributed by atoms with van der Waals surface area (Å²) in [6.45, 7) is 7.67. The summed E-state index contributed by atoms with van der Waals surface area (Å²) in [5.41, 5.74) is 1.25. The molecule has 0 fully saturated rings. The average Bonchev–Trinajstić information content (AvgIpc) is 2.35. The molecule has 4 nitrogen and oxygen atoms in total. The Morgan fingerprint density at radius 2 is 1.95 bits per heavy atom. The Hall–Kier alpha value is -1.86. The predicted molar refractivity (Wildman–Crippen MR) is 73.4 cm³/mol. The fourth-order valence-corrected chi connectivity index (χ4v) is 1.49. The lowest BCUT2D eigenvalue weighted by Gasteiger charge is -2.20. The topological polar surface area (TPSA) is 62.1 Å². The molecule has 1 rings (SSSR count). The summed E-state index contributed by atoms with van der Waals surface area (Å²) in [6.07, 6.45) is 0. The van der Waals surface area contributed by atoms with Gasteiger partial charge in [-0.2, -0.15) is 5.26 Å². The maximum absolute atomic E-state index is 11.7. The van der Waals surface area contributed by atoms with Crippen LogP contribution < -0.4 is 5.32 Å². The molecule has 1 aromatic rings. The SMILES string of the molecule is CC(NC(=O)COC(C)(C)C)c1ccc(C#N)cc1. The van der Waals surface area contributed by atoms with Crippen LogP contribution in [0.15, 0.2) is 24.3 Å². The smallest absolute Gasteiger partial charge is 0.246 e. The lowest BCUT2D eigenvalue weighted by molar-refractivity contribution is -0.131. The number of carbonyl (C=O) groups is 1. The molecule has 1 atom stereocenters. The van der Waals surface area contributed by atoms with Gasteiger partial charge in [-0.05, 0) is 45.4 Å². The lowest BCUT2D eigenvalue weighted by Crippen LogP contribution is -2.33. The zero-order chi connectivity index (χ0) is 14.5. The molecule has 102 valence electrons. The molecule has 0 radical (unpaired) electrons. The summed E-state index contributed by atoms with van der Waals surface area (Å²) >= 11 is 0. The number of hydrogen-bond donors (Lipinski definition) is 1. The third-order valence-corrected chi connectivity index (χ3v) is 2.55. The summed E-state index contributed by atoms with van der Waals surface area (Å²) < 4.78 is 5.41. The van der Waals surface area contributed by atoms with Crippen LogP contribution in [-0.2, 0) is 9.53 Å². The van der Waals surface area contributed by atoms with Gasteiger partial charge in [-0.1, -0.05) is 12.1 Å². The molecule has 4 heteroatoms. The Labute approximate surface area is 114 Å². The van der Waals surface area contributed by atoms with Gasteiger partial charge in [-0.25, -0.2) is 0 Å². The minimum absolute atomic E-state index is 0.0458. The highest BCUT2D eigenvalue weighted by Crippen LogP contribution is 2.13. The minimum atomic E-state index is -0.324. The second-order valence-corrected chi connectivity index (χ2v) is 5.42. The van der Waals surface area contributed by atoms with Crippen molar-refractivity contribution in [3.05, 3.63) is 35.4 Å². The first-order chi connectivity index (χ1) is 8.81. The third kappa shape index (κ3) is 5.54. The van der Waals surface area contributed by atoms with Crippen molar-refractivity contribution < 1.29 is 9.53 Å². The lowest BCUT2D eigenvalue weighted by atomic mass is 10.1. The van der Waals surface area contributed by atoms with Crippen LogP contribution >= 0.6 is 0 Å². The maximum atomic E-state index is 11.7. The number of carbonyl (C=O) groups excluding carboxylic acids is 1. The molecule has 0 spiro atoms.